The molecule has 1 aliphatic heterocycles. The van der Waals surface area contributed by atoms with Crippen LogP contribution >= 0.6 is 0 Å². The second kappa shape index (κ2) is 4.64. The summed E-state index contributed by atoms with van der Waals surface area (Å²) in [7, 11) is 0. The van der Waals surface area contributed by atoms with Crippen molar-refractivity contribution in [3.8, 4) is 0 Å². The van der Waals surface area contributed by atoms with Crippen molar-refractivity contribution >= 4 is 5.69 Å². The molecule has 3 nitrogen and oxygen atoms in total. The van der Waals surface area contributed by atoms with Gasteiger partial charge in [-0.1, -0.05) is 12.1 Å². The van der Waals surface area contributed by atoms with Crippen molar-refractivity contribution in [1.29, 1.82) is 0 Å². The number of anilines is 1. The number of rotatable bonds is 2. The molecule has 15 heavy (non-hydrogen) atoms. The first kappa shape index (κ1) is 10.5. The predicted molar refractivity (Wildman–Crippen MR) is 59.7 cm³/mol. The van der Waals surface area contributed by atoms with Crippen molar-refractivity contribution in [2.24, 2.45) is 0 Å². The van der Waals surface area contributed by atoms with Crippen LogP contribution in [0.4, 0.5) is 5.69 Å². The van der Waals surface area contributed by atoms with Gasteiger partial charge in [0.25, 0.3) is 0 Å². The Morgan fingerprint density at radius 3 is 2.07 bits per heavy atom. The molecule has 0 aromatic heterocycles. The highest BCUT2D eigenvalue weighted by Gasteiger charge is 2.11. The van der Waals surface area contributed by atoms with Gasteiger partial charge in [0.15, 0.2) is 6.29 Å². The summed E-state index contributed by atoms with van der Waals surface area (Å²) in [5.74, 6) is 0. The van der Waals surface area contributed by atoms with Crippen molar-refractivity contribution in [2.45, 2.75) is 25.6 Å². The van der Waals surface area contributed by atoms with Crippen LogP contribution in [0.3, 0.4) is 0 Å². The van der Waals surface area contributed by atoms with Gasteiger partial charge < -0.3 is 15.1 Å². The van der Waals surface area contributed by atoms with Gasteiger partial charge in [0, 0.05) is 24.3 Å². The van der Waals surface area contributed by atoms with Crippen LogP contribution in [0.2, 0.25) is 0 Å². The summed E-state index contributed by atoms with van der Waals surface area (Å²) in [5, 5.41) is 17.9. The van der Waals surface area contributed by atoms with E-state index in [9.17, 15) is 0 Å². The molecule has 1 aromatic rings. The molecule has 2 N–H and O–H groups in total. The first-order valence-corrected chi connectivity index (χ1v) is 5.48. The van der Waals surface area contributed by atoms with Crippen molar-refractivity contribution < 1.29 is 10.2 Å². The molecule has 2 rings (SSSR count). The Kier molecular flexibility index (Phi) is 3.23. The Labute approximate surface area is 90.0 Å². The monoisotopic (exact) mass is 207 g/mol. The van der Waals surface area contributed by atoms with Gasteiger partial charge in [0.2, 0.25) is 0 Å². The van der Waals surface area contributed by atoms with E-state index >= 15 is 0 Å². The highest BCUT2D eigenvalue weighted by molar-refractivity contribution is 5.48. The minimum atomic E-state index is -1.36. The summed E-state index contributed by atoms with van der Waals surface area (Å²) in [6.07, 6.45) is 2.47. The fourth-order valence-electron chi connectivity index (χ4n) is 2.01. The lowest BCUT2D eigenvalue weighted by atomic mass is 10.1. The number of aliphatic hydroxyl groups is 2. The van der Waals surface area contributed by atoms with Crippen molar-refractivity contribution in [3.63, 3.8) is 0 Å². The molecule has 0 spiro atoms. The van der Waals surface area contributed by atoms with Crippen molar-refractivity contribution in [1.82, 2.24) is 0 Å². The summed E-state index contributed by atoms with van der Waals surface area (Å²) in [4.78, 5) is 2.34. The first-order valence-electron chi connectivity index (χ1n) is 5.48. The average molecular weight is 207 g/mol. The number of hydrogen-bond donors (Lipinski definition) is 2. The lowest BCUT2D eigenvalue weighted by molar-refractivity contribution is -0.0424. The molecule has 0 bridgehead atoms. The van der Waals surface area contributed by atoms with E-state index < -0.39 is 6.29 Å². The van der Waals surface area contributed by atoms with Crippen LogP contribution in [0.25, 0.3) is 0 Å². The van der Waals surface area contributed by atoms with Gasteiger partial charge in [0.05, 0.1) is 0 Å². The molecule has 1 aromatic carbocycles. The lowest BCUT2D eigenvalue weighted by Gasteiger charge is -2.28. The van der Waals surface area contributed by atoms with Crippen LogP contribution in [0.15, 0.2) is 24.3 Å². The van der Waals surface area contributed by atoms with Crippen LogP contribution in [-0.2, 0) is 0 Å². The summed E-state index contributed by atoms with van der Waals surface area (Å²) < 4.78 is 0. The molecule has 0 unspecified atom stereocenters. The molecular weight excluding hydrogens is 190 g/mol. The van der Waals surface area contributed by atoms with Crippen LogP contribution in [0.1, 0.15) is 31.1 Å². The van der Waals surface area contributed by atoms with E-state index in [-0.39, 0.29) is 0 Å². The Hall–Kier alpha value is -1.06. The Bertz CT molecular complexity index is 302. The number of benzene rings is 1. The molecule has 1 heterocycles. The molecule has 3 heteroatoms. The zero-order chi connectivity index (χ0) is 10.7. The zero-order valence-corrected chi connectivity index (χ0v) is 8.76. The fourth-order valence-corrected chi connectivity index (χ4v) is 2.01. The van der Waals surface area contributed by atoms with Gasteiger partial charge in [-0.05, 0) is 31.4 Å². The number of hydrogen-bond acceptors (Lipinski definition) is 3. The van der Waals surface area contributed by atoms with Crippen molar-refractivity contribution in [3.05, 3.63) is 29.8 Å². The molecule has 0 amide bonds. The molecule has 1 aliphatic rings. The van der Waals surface area contributed by atoms with E-state index in [1.165, 1.54) is 24.9 Å². The van der Waals surface area contributed by atoms with Crippen LogP contribution < -0.4 is 4.90 Å². The molecule has 0 atom stereocenters. The van der Waals surface area contributed by atoms with Crippen molar-refractivity contribution in [2.75, 3.05) is 18.0 Å². The molecular formula is C12H17NO2. The van der Waals surface area contributed by atoms with E-state index in [1.54, 1.807) is 12.1 Å². The highest BCUT2D eigenvalue weighted by Crippen LogP contribution is 2.21. The Balaban J connectivity index is 2.08. The largest absolute Gasteiger partial charge is 0.372 e. The van der Waals surface area contributed by atoms with E-state index in [2.05, 4.69) is 4.90 Å². The zero-order valence-electron chi connectivity index (χ0n) is 8.76. The van der Waals surface area contributed by atoms with E-state index in [0.717, 1.165) is 13.1 Å². The summed E-state index contributed by atoms with van der Waals surface area (Å²) in [6.45, 7) is 2.22. The molecule has 1 fully saturated rings. The second-order valence-electron chi connectivity index (χ2n) is 4.01. The minimum absolute atomic E-state index is 0.552. The Morgan fingerprint density at radius 1 is 0.933 bits per heavy atom. The summed E-state index contributed by atoms with van der Waals surface area (Å²) in [6, 6.07) is 7.46. The maximum Gasteiger partial charge on any atom is 0.178 e. The molecule has 0 aliphatic carbocycles. The third kappa shape index (κ3) is 2.49. The third-order valence-electron chi connectivity index (χ3n) is 2.91. The van der Waals surface area contributed by atoms with Crippen LogP contribution in [-0.4, -0.2) is 23.3 Å². The average Bonchev–Trinajstić information content (AvgIpc) is 2.30. The van der Waals surface area contributed by atoms with Crippen LogP contribution in [0, 0.1) is 0 Å². The standard InChI is InChI=1S/C12H17NO2/c14-12(15)10-4-6-11(7-5-10)13-8-2-1-3-9-13/h4-7,12,14-15H,1-3,8-9H2. The Morgan fingerprint density at radius 2 is 1.53 bits per heavy atom. The van der Waals surface area contributed by atoms with Gasteiger partial charge >= 0.3 is 0 Å². The van der Waals surface area contributed by atoms with Crippen LogP contribution in [0.5, 0.6) is 0 Å². The fraction of sp³-hybridized carbons (Fsp3) is 0.500. The molecule has 82 valence electrons. The number of aliphatic hydroxyl groups excluding tert-OH is 1. The first-order chi connectivity index (χ1) is 7.27. The highest BCUT2D eigenvalue weighted by atomic mass is 16.5. The van der Waals surface area contributed by atoms with E-state index in [1.807, 2.05) is 12.1 Å². The van der Waals surface area contributed by atoms with E-state index in [4.69, 9.17) is 10.2 Å². The summed E-state index contributed by atoms with van der Waals surface area (Å²) >= 11 is 0. The predicted octanol–water partition coefficient (Wildman–Crippen LogP) is 1.66. The summed E-state index contributed by atoms with van der Waals surface area (Å²) in [5.41, 5.74) is 1.73. The molecule has 0 saturated carbocycles. The quantitative estimate of drug-likeness (QED) is 0.725. The molecule has 0 radical (unpaired) electrons. The van der Waals surface area contributed by atoms with Gasteiger partial charge in [-0.25, -0.2) is 0 Å². The second-order valence-corrected chi connectivity index (χ2v) is 4.01. The lowest BCUT2D eigenvalue weighted by Crippen LogP contribution is -2.29. The maximum absolute atomic E-state index is 8.97. The van der Waals surface area contributed by atoms with E-state index in [0.29, 0.717) is 5.56 Å². The van der Waals surface area contributed by atoms with Gasteiger partial charge in [-0.2, -0.15) is 0 Å². The minimum Gasteiger partial charge on any atom is -0.372 e. The topological polar surface area (TPSA) is 43.7 Å². The SMILES string of the molecule is OC(O)c1ccc(N2CCCCC2)cc1. The van der Waals surface area contributed by atoms with Gasteiger partial charge in [0.1, 0.15) is 0 Å². The van der Waals surface area contributed by atoms with Gasteiger partial charge in [-0.3, -0.25) is 0 Å². The van der Waals surface area contributed by atoms with Gasteiger partial charge in [-0.15, -0.1) is 0 Å². The smallest absolute Gasteiger partial charge is 0.178 e. The maximum atomic E-state index is 8.97. The number of nitrogens with zero attached hydrogens (tertiary/aromatic N) is 1. The normalized spacial score (nSPS) is 17.1. The molecule has 1 saturated heterocycles. The third-order valence-corrected chi connectivity index (χ3v) is 2.91. The number of piperidine rings is 1.